The highest BCUT2D eigenvalue weighted by atomic mass is 16.6. The van der Waals surface area contributed by atoms with Gasteiger partial charge in [-0.1, -0.05) is 104 Å². The molecule has 4 heterocycles. The summed E-state index contributed by atoms with van der Waals surface area (Å²) < 4.78 is 16.1. The number of β-lactam (4-membered cyclic amide) rings is 2. The fourth-order valence-corrected chi connectivity index (χ4v) is 8.18. The Balaban J connectivity index is 0.000000313. The third-order valence-electron chi connectivity index (χ3n) is 11.9. The Labute approximate surface area is 410 Å². The van der Waals surface area contributed by atoms with Gasteiger partial charge in [-0.15, -0.1) is 0 Å². The number of nitrogens with two attached hydrogens (primary N) is 2. The molecule has 4 saturated heterocycles. The number of guanidine groups is 1. The van der Waals surface area contributed by atoms with Gasteiger partial charge in [-0.3, -0.25) is 25.2 Å². The van der Waals surface area contributed by atoms with Crippen molar-refractivity contribution in [3.63, 3.8) is 0 Å². The van der Waals surface area contributed by atoms with E-state index >= 15 is 0 Å². The molecule has 0 aromatic heterocycles. The molecule has 7 rings (SSSR count). The number of aliphatic carboxylic acids is 1. The van der Waals surface area contributed by atoms with E-state index in [1.165, 1.54) is 9.80 Å². The predicted octanol–water partition coefficient (Wildman–Crippen LogP) is 3.08. The number of imide groups is 2. The fourth-order valence-electron chi connectivity index (χ4n) is 8.18. The van der Waals surface area contributed by atoms with Crippen LogP contribution in [-0.4, -0.2) is 136 Å². The summed E-state index contributed by atoms with van der Waals surface area (Å²) in [6, 6.07) is 23.9. The Morgan fingerprint density at radius 1 is 0.676 bits per heavy atom. The first-order valence-electron chi connectivity index (χ1n) is 23.2. The summed E-state index contributed by atoms with van der Waals surface area (Å²) in [7, 11) is 0. The molecule has 3 aromatic carbocycles. The van der Waals surface area contributed by atoms with Gasteiger partial charge in [-0.05, 0) is 48.3 Å². The number of ether oxygens (including phenoxy) is 3. The molecule has 0 spiro atoms. The number of benzene rings is 3. The van der Waals surface area contributed by atoms with Crippen molar-refractivity contribution in [3.8, 4) is 0 Å². The third-order valence-corrected chi connectivity index (χ3v) is 11.9. The fraction of sp³-hybridized carbons (Fsp3) is 0.408. The quantitative estimate of drug-likeness (QED) is 0.0283. The number of amides is 8. The second-order valence-corrected chi connectivity index (χ2v) is 17.5. The van der Waals surface area contributed by atoms with Crippen LogP contribution >= 0.6 is 0 Å². The van der Waals surface area contributed by atoms with E-state index < -0.39 is 71.9 Å². The van der Waals surface area contributed by atoms with E-state index in [1.807, 2.05) is 73.7 Å². The first-order valence-corrected chi connectivity index (χ1v) is 23.2. The molecule has 71 heavy (non-hydrogen) atoms. The summed E-state index contributed by atoms with van der Waals surface area (Å²) in [6.07, 6.45) is -0.275. The van der Waals surface area contributed by atoms with Crippen molar-refractivity contribution in [3.05, 3.63) is 120 Å². The maximum Gasteiger partial charge on any atom is 0.414 e. The minimum Gasteiger partial charge on any atom is -0.480 e. The average molecular weight is 981 g/mol. The van der Waals surface area contributed by atoms with Gasteiger partial charge in [-0.2, -0.15) is 0 Å². The summed E-state index contributed by atoms with van der Waals surface area (Å²) in [5.41, 5.74) is 13.3. The molecule has 4 aliphatic heterocycles. The largest absolute Gasteiger partial charge is 0.480 e. The van der Waals surface area contributed by atoms with Crippen LogP contribution in [0.2, 0.25) is 0 Å². The van der Waals surface area contributed by atoms with Gasteiger partial charge >= 0.3 is 36.2 Å². The summed E-state index contributed by atoms with van der Waals surface area (Å²) in [4.78, 5) is 109. The van der Waals surface area contributed by atoms with Gasteiger partial charge in [0.1, 0.15) is 19.8 Å². The number of carboxylic acids is 1. The molecule has 0 aliphatic carbocycles. The number of hydrogen-bond acceptors (Lipinski definition) is 15. The molecule has 4 fully saturated rings. The zero-order chi connectivity index (χ0) is 51.0. The average Bonchev–Trinajstić information content (AvgIpc) is 3.33. The summed E-state index contributed by atoms with van der Waals surface area (Å²) in [5.74, 6) is -3.77. The van der Waals surface area contributed by atoms with E-state index in [2.05, 4.69) is 27.5 Å². The molecule has 22 heteroatoms. The van der Waals surface area contributed by atoms with Gasteiger partial charge in [0.15, 0.2) is 12.1 Å². The molecule has 4 aliphatic rings. The van der Waals surface area contributed by atoms with Crippen molar-refractivity contribution in [2.45, 2.75) is 70.6 Å². The van der Waals surface area contributed by atoms with Crippen molar-refractivity contribution in [1.29, 1.82) is 0 Å². The number of rotatable bonds is 17. The normalized spacial score (nSPS) is 19.2. The molecular formula is C49H60N10O12. The number of urea groups is 2. The Hall–Kier alpha value is -8.01. The van der Waals surface area contributed by atoms with E-state index in [0.717, 1.165) is 26.5 Å². The molecule has 0 bridgehead atoms. The lowest BCUT2D eigenvalue weighted by atomic mass is 9.83. The molecule has 0 saturated carbocycles. The number of hydrogen-bond donors (Lipinski definition) is 6. The minimum atomic E-state index is -1.17. The number of nitrogens with zero attached hydrogens (tertiary/aromatic N) is 5. The summed E-state index contributed by atoms with van der Waals surface area (Å²) in [5, 5.41) is 16.9. The summed E-state index contributed by atoms with van der Waals surface area (Å²) in [6.45, 7) is 7.75. The second-order valence-electron chi connectivity index (χ2n) is 17.5. The molecular weight excluding hydrogens is 921 g/mol. The van der Waals surface area contributed by atoms with Crippen molar-refractivity contribution in [2.75, 3.05) is 39.3 Å². The van der Waals surface area contributed by atoms with Crippen LogP contribution in [0.15, 0.2) is 108 Å². The smallest absolute Gasteiger partial charge is 0.414 e. The van der Waals surface area contributed by atoms with E-state index in [9.17, 15) is 43.5 Å². The van der Waals surface area contributed by atoms with Gasteiger partial charge in [0, 0.05) is 45.3 Å². The maximum atomic E-state index is 13.2. The van der Waals surface area contributed by atoms with Crippen LogP contribution in [0.3, 0.4) is 0 Å². The van der Waals surface area contributed by atoms with Crippen molar-refractivity contribution >= 4 is 54.0 Å². The van der Waals surface area contributed by atoms with Crippen LogP contribution in [0.25, 0.3) is 0 Å². The van der Waals surface area contributed by atoms with Crippen molar-refractivity contribution < 1.29 is 57.7 Å². The standard InChI is InChI=1S/C36H39N5O8.C13H21N5O4/c1-25-20-40(21-25)36(46)41-30(32(43)47-22-26-12-5-2-6-13-26)29(31(41)42)18-11-19-37-33(38-34(44)48-23-27-14-7-3-8-15-27)39-35(45)49-24-28-16-9-4-10-17-28;1-7(14)16-4-2-3-9-10(12(20)21)18(11(9)19)13(22)17-5-8(15)6-17/h2-10,12-17,25,29-30H,11,18-24H2,1H3,(H2,37,38,39,44,45);8-10,16H,1-6,14-15H2,(H,20,21)/t29-,30?;9-,10?/m11/s1. The highest BCUT2D eigenvalue weighted by molar-refractivity contribution is 6.08. The van der Waals surface area contributed by atoms with E-state index in [4.69, 9.17) is 25.7 Å². The van der Waals surface area contributed by atoms with E-state index in [1.54, 1.807) is 24.3 Å². The second kappa shape index (κ2) is 25.0. The number of carbonyl (C=O) groups is 8. The highest BCUT2D eigenvalue weighted by Gasteiger charge is 2.57. The Morgan fingerprint density at radius 2 is 1.11 bits per heavy atom. The topological polar surface area (TPSA) is 298 Å². The van der Waals surface area contributed by atoms with Crippen LogP contribution in [0.1, 0.15) is 49.3 Å². The highest BCUT2D eigenvalue weighted by Crippen LogP contribution is 2.35. The zero-order valence-corrected chi connectivity index (χ0v) is 39.4. The first-order chi connectivity index (χ1) is 34.1. The van der Waals surface area contributed by atoms with Gasteiger partial charge in [0.25, 0.3) is 0 Å². The number of alkyl carbamates (subject to hydrolysis) is 2. The van der Waals surface area contributed by atoms with Gasteiger partial charge < -0.3 is 45.9 Å². The Bertz CT molecular complexity index is 2360. The molecule has 0 radical (unpaired) electrons. The Kier molecular flexibility index (Phi) is 18.5. The van der Waals surface area contributed by atoms with Gasteiger partial charge in [0.05, 0.1) is 17.7 Å². The van der Waals surface area contributed by atoms with Crippen LogP contribution in [0.4, 0.5) is 19.2 Å². The molecule has 22 nitrogen and oxygen atoms in total. The zero-order valence-electron chi connectivity index (χ0n) is 39.4. The predicted molar refractivity (Wildman–Crippen MR) is 255 cm³/mol. The molecule has 8 amide bonds. The molecule has 2 unspecified atom stereocenters. The van der Waals surface area contributed by atoms with Crippen molar-refractivity contribution in [1.82, 2.24) is 35.6 Å². The number of likely N-dealkylation sites (tertiary alicyclic amines) is 4. The lowest BCUT2D eigenvalue weighted by Crippen LogP contribution is -2.71. The number of carbonyl (C=O) groups excluding carboxylic acids is 7. The van der Waals surface area contributed by atoms with Crippen LogP contribution in [0, 0.1) is 17.8 Å². The summed E-state index contributed by atoms with van der Waals surface area (Å²) >= 11 is 0. The van der Waals surface area contributed by atoms with E-state index in [0.29, 0.717) is 57.3 Å². The van der Waals surface area contributed by atoms with Crippen LogP contribution in [0.5, 0.6) is 0 Å². The number of aliphatic imine (C=N–C) groups is 1. The molecule has 3 aromatic rings. The first kappa shape index (κ1) is 52.4. The lowest BCUT2D eigenvalue weighted by Gasteiger charge is -2.48. The monoisotopic (exact) mass is 980 g/mol. The van der Waals surface area contributed by atoms with Gasteiger partial charge in [0.2, 0.25) is 17.8 Å². The number of esters is 1. The van der Waals surface area contributed by atoms with Gasteiger partial charge in [-0.25, -0.2) is 38.6 Å². The van der Waals surface area contributed by atoms with Crippen molar-refractivity contribution in [2.24, 2.45) is 34.2 Å². The number of nitrogens with one attached hydrogen (secondary N) is 3. The molecule has 378 valence electrons. The lowest BCUT2D eigenvalue weighted by molar-refractivity contribution is -0.172. The third kappa shape index (κ3) is 14.3. The number of carboxylic acid groups (broad SMARTS) is 1. The molecule has 8 N–H and O–H groups in total. The van der Waals surface area contributed by atoms with E-state index in [-0.39, 0.29) is 51.2 Å². The van der Waals surface area contributed by atoms with Crippen LogP contribution < -0.4 is 27.4 Å². The SMILES string of the molecule is C=C(N)NCCC[C@H]1C(=O)N(C(=O)N2CC(N)C2)C1C(=O)O.CC1CN(C(=O)N2C(=O)[C@H](CCCN=C(NC(=O)OCc3ccccc3)NC(=O)OCc3ccccc3)C2C(=O)OCc2ccccc2)C1. The minimum absolute atomic E-state index is 0.00444. The van der Waals surface area contributed by atoms with Crippen LogP contribution in [-0.2, 0) is 53.2 Å². The Morgan fingerprint density at radius 3 is 1.56 bits per heavy atom. The maximum absolute atomic E-state index is 13.2. The molecule has 4 atom stereocenters.